The van der Waals surface area contributed by atoms with Crippen LogP contribution in [0.25, 0.3) is 0 Å². The van der Waals surface area contributed by atoms with Crippen LogP contribution in [0.2, 0.25) is 0 Å². The third kappa shape index (κ3) is 6.95. The van der Waals surface area contributed by atoms with Crippen molar-refractivity contribution in [2.45, 2.75) is 61.6 Å². The van der Waals surface area contributed by atoms with Crippen molar-refractivity contribution in [1.29, 1.82) is 0 Å². The second kappa shape index (κ2) is 11.5. The summed E-state index contributed by atoms with van der Waals surface area (Å²) >= 11 is 3.92. The van der Waals surface area contributed by atoms with E-state index in [1.807, 2.05) is 0 Å². The highest BCUT2D eigenvalue weighted by Gasteiger charge is 2.48. The number of thiol groups is 1. The number of rotatable bonds is 9. The van der Waals surface area contributed by atoms with Crippen LogP contribution < -0.4 is 5.32 Å². The maximum atomic E-state index is 12.3. The van der Waals surface area contributed by atoms with E-state index in [1.54, 1.807) is 6.92 Å². The predicted molar refractivity (Wildman–Crippen MR) is 120 cm³/mol. The molecule has 0 saturated carbocycles. The molecule has 7 N–H and O–H groups in total. The summed E-state index contributed by atoms with van der Waals surface area (Å²) in [5, 5.41) is 40.3. The molecule has 0 radical (unpaired) electrons. The number of phosphoric acid groups is 2. The normalized spacial score (nSPS) is 38.8. The van der Waals surface area contributed by atoms with E-state index in [2.05, 4.69) is 33.4 Å². The standard InChI is InChI=1S/C17H28N2O14P2S/c1-7-4-19(8(2)18-16(7)24)12-3-9(21)11(30-12)6-29-34(25,26)33-35(27,28)32-17-15(36)14(23)13(22)10(5-20)31-17/h4,9-15,17,20-23,36H,2-3,5-6H2,1H3,(H,18,24)(H,25,26)(H,27,28)/t9?,10?,11-,12-,13-,14+,15?,17-/m1/s1. The van der Waals surface area contributed by atoms with Crippen LogP contribution in [-0.2, 0) is 36.8 Å². The Kier molecular flexibility index (Phi) is 9.46. The van der Waals surface area contributed by atoms with E-state index in [0.717, 1.165) is 0 Å². The fourth-order valence-electron chi connectivity index (χ4n) is 3.56. The number of hydrogen-bond donors (Lipinski definition) is 8. The molecule has 0 spiro atoms. The lowest BCUT2D eigenvalue weighted by Crippen LogP contribution is -2.57. The van der Waals surface area contributed by atoms with Crippen LogP contribution in [0, 0.1) is 0 Å². The average molecular weight is 578 g/mol. The molecule has 2 fully saturated rings. The molecule has 3 aliphatic heterocycles. The Morgan fingerprint density at radius 2 is 1.86 bits per heavy atom. The van der Waals surface area contributed by atoms with Gasteiger partial charge in [-0.1, -0.05) is 6.58 Å². The highest BCUT2D eigenvalue weighted by molar-refractivity contribution is 7.81. The van der Waals surface area contributed by atoms with E-state index in [-0.39, 0.29) is 18.1 Å². The summed E-state index contributed by atoms with van der Waals surface area (Å²) in [7, 11) is -10.7. The number of nitrogens with zero attached hydrogens (tertiary/aromatic N) is 1. The van der Waals surface area contributed by atoms with Crippen molar-refractivity contribution >= 4 is 34.2 Å². The van der Waals surface area contributed by atoms with Gasteiger partial charge in [-0.05, 0) is 6.92 Å². The van der Waals surface area contributed by atoms with E-state index in [9.17, 15) is 44.1 Å². The molecule has 5 unspecified atom stereocenters. The first-order valence-electron chi connectivity index (χ1n) is 10.4. The van der Waals surface area contributed by atoms with Gasteiger partial charge in [0.2, 0.25) is 0 Å². The van der Waals surface area contributed by atoms with Crippen LogP contribution in [0.4, 0.5) is 0 Å². The Hall–Kier alpha value is -0.880. The second-order valence-corrected chi connectivity index (χ2v) is 11.8. The molecule has 36 heavy (non-hydrogen) atoms. The van der Waals surface area contributed by atoms with Gasteiger partial charge in [-0.3, -0.25) is 13.8 Å². The zero-order valence-corrected chi connectivity index (χ0v) is 21.4. The number of carbonyl (C=O) groups is 1. The topological polar surface area (TPSA) is 234 Å². The zero-order chi connectivity index (χ0) is 27.0. The molecular weight excluding hydrogens is 550 g/mol. The van der Waals surface area contributed by atoms with Gasteiger partial charge >= 0.3 is 15.6 Å². The highest BCUT2D eigenvalue weighted by Crippen LogP contribution is 2.61. The zero-order valence-electron chi connectivity index (χ0n) is 18.8. The van der Waals surface area contributed by atoms with Crippen molar-refractivity contribution in [2.24, 2.45) is 0 Å². The first-order valence-corrected chi connectivity index (χ1v) is 14.0. The van der Waals surface area contributed by atoms with Gasteiger partial charge in [0, 0.05) is 18.2 Å². The second-order valence-electron chi connectivity index (χ2n) is 8.17. The predicted octanol–water partition coefficient (Wildman–Crippen LogP) is -1.74. The van der Waals surface area contributed by atoms with Gasteiger partial charge in [0.05, 0.1) is 30.7 Å². The largest absolute Gasteiger partial charge is 0.483 e. The molecule has 10 atom stereocenters. The van der Waals surface area contributed by atoms with Gasteiger partial charge in [0.15, 0.2) is 6.29 Å². The lowest BCUT2D eigenvalue weighted by Gasteiger charge is -2.40. The summed E-state index contributed by atoms with van der Waals surface area (Å²) < 4.78 is 48.8. The average Bonchev–Trinajstić information content (AvgIpc) is 3.14. The summed E-state index contributed by atoms with van der Waals surface area (Å²) in [6.07, 6.45) is -8.13. The summed E-state index contributed by atoms with van der Waals surface area (Å²) in [5.41, 5.74) is 0.352. The molecular formula is C17H28N2O14P2S. The Morgan fingerprint density at radius 1 is 1.19 bits per heavy atom. The van der Waals surface area contributed by atoms with Gasteiger partial charge in [0.25, 0.3) is 5.91 Å². The minimum atomic E-state index is -5.39. The molecule has 1 amide bonds. The Morgan fingerprint density at radius 3 is 2.50 bits per heavy atom. The van der Waals surface area contributed by atoms with Crippen molar-refractivity contribution < 1.29 is 67.0 Å². The van der Waals surface area contributed by atoms with Crippen LogP contribution in [0.3, 0.4) is 0 Å². The maximum Gasteiger partial charge on any atom is 0.483 e. The quantitative estimate of drug-likeness (QED) is 0.112. The number of phosphoric ester groups is 2. The minimum absolute atomic E-state index is 0.00738. The number of amides is 1. The van der Waals surface area contributed by atoms with E-state index in [1.165, 1.54) is 11.1 Å². The highest BCUT2D eigenvalue weighted by atomic mass is 32.1. The summed E-state index contributed by atoms with van der Waals surface area (Å²) in [4.78, 5) is 32.9. The van der Waals surface area contributed by atoms with E-state index in [4.69, 9.17) is 14.0 Å². The Balaban J connectivity index is 1.56. The number of aliphatic hydroxyl groups is 4. The molecule has 0 aliphatic carbocycles. The lowest BCUT2D eigenvalue weighted by molar-refractivity contribution is -0.228. The lowest BCUT2D eigenvalue weighted by atomic mass is 10.0. The fourth-order valence-corrected chi connectivity index (χ4v) is 6.13. The summed E-state index contributed by atoms with van der Waals surface area (Å²) in [6, 6.07) is 0. The van der Waals surface area contributed by atoms with Crippen molar-refractivity contribution in [3.05, 3.63) is 24.2 Å². The third-order valence-electron chi connectivity index (χ3n) is 5.47. The van der Waals surface area contributed by atoms with Crippen LogP contribution in [-0.4, -0.2) is 103 Å². The maximum absolute atomic E-state index is 12.3. The monoisotopic (exact) mass is 578 g/mol. The molecule has 0 aromatic carbocycles. The van der Waals surface area contributed by atoms with Gasteiger partial charge < -0.3 is 49.9 Å². The van der Waals surface area contributed by atoms with Gasteiger partial charge in [-0.25, -0.2) is 9.13 Å². The summed E-state index contributed by atoms with van der Waals surface area (Å²) in [6.45, 7) is 3.72. The smallest absolute Gasteiger partial charge is 0.394 e. The van der Waals surface area contributed by atoms with E-state index in [0.29, 0.717) is 5.57 Å². The van der Waals surface area contributed by atoms with Crippen LogP contribution in [0.5, 0.6) is 0 Å². The van der Waals surface area contributed by atoms with Gasteiger partial charge in [-0.2, -0.15) is 16.9 Å². The number of aliphatic hydroxyl groups excluding tert-OH is 4. The molecule has 0 bridgehead atoms. The molecule has 3 heterocycles. The SMILES string of the molecule is C=C1NC(=O)C(C)=CN1[C@H]1CC(O)[C@@H](COP(=O)(O)OP(=O)(O)O[C@H]2OC(CO)[C@@H](O)[C@H](O)C2S)O1. The molecule has 206 valence electrons. The van der Waals surface area contributed by atoms with Crippen molar-refractivity contribution in [3.63, 3.8) is 0 Å². The molecule has 16 nitrogen and oxygen atoms in total. The Bertz CT molecular complexity index is 981. The number of carbonyl (C=O) groups excluding carboxylic acids is 1. The molecule has 3 rings (SSSR count). The number of ether oxygens (including phenoxy) is 2. The first kappa shape index (κ1) is 29.7. The van der Waals surface area contributed by atoms with Crippen LogP contribution in [0.15, 0.2) is 24.2 Å². The van der Waals surface area contributed by atoms with Crippen molar-refractivity contribution in [1.82, 2.24) is 10.2 Å². The van der Waals surface area contributed by atoms with Crippen molar-refractivity contribution in [3.8, 4) is 0 Å². The van der Waals surface area contributed by atoms with Crippen LogP contribution in [0.1, 0.15) is 13.3 Å². The fraction of sp³-hybridized carbons (Fsp3) is 0.706. The molecule has 0 aromatic rings. The van der Waals surface area contributed by atoms with E-state index >= 15 is 0 Å². The van der Waals surface area contributed by atoms with E-state index < -0.39 is 77.1 Å². The number of nitrogens with one attached hydrogen (secondary N) is 1. The molecule has 0 aromatic heterocycles. The minimum Gasteiger partial charge on any atom is -0.394 e. The third-order valence-corrected chi connectivity index (χ3v) is 8.62. The molecule has 3 aliphatic rings. The van der Waals surface area contributed by atoms with Gasteiger partial charge in [0.1, 0.15) is 30.4 Å². The van der Waals surface area contributed by atoms with Gasteiger partial charge in [-0.15, -0.1) is 0 Å². The van der Waals surface area contributed by atoms with Crippen LogP contribution >= 0.6 is 28.3 Å². The number of hydrogen-bond acceptors (Lipinski definition) is 14. The Labute approximate surface area is 210 Å². The first-order chi connectivity index (χ1) is 16.6. The molecule has 2 saturated heterocycles. The molecule has 19 heteroatoms. The van der Waals surface area contributed by atoms with Crippen molar-refractivity contribution in [2.75, 3.05) is 13.2 Å². The summed E-state index contributed by atoms with van der Waals surface area (Å²) in [5.74, 6) is -0.170.